The molecule has 3 heterocycles. The molecule has 2 N–H and O–H groups in total. The number of carbonyl (C=O) groups is 1. The molecule has 3 aliphatic rings. The third-order valence-electron chi connectivity index (χ3n) is 8.66. The van der Waals surface area contributed by atoms with Crippen molar-refractivity contribution in [1.82, 2.24) is 5.32 Å². The number of ether oxygens (including phenoxy) is 3. The van der Waals surface area contributed by atoms with Gasteiger partial charge in [-0.05, 0) is 71.7 Å². The lowest BCUT2D eigenvalue weighted by Crippen LogP contribution is -2.57. The van der Waals surface area contributed by atoms with Crippen molar-refractivity contribution in [2.24, 2.45) is 11.8 Å². The van der Waals surface area contributed by atoms with Crippen molar-refractivity contribution < 1.29 is 24.1 Å². The highest BCUT2D eigenvalue weighted by Crippen LogP contribution is 2.50. The molecule has 0 unspecified atom stereocenters. The summed E-state index contributed by atoms with van der Waals surface area (Å²) >= 11 is 6.75. The van der Waals surface area contributed by atoms with Crippen LogP contribution in [0.25, 0.3) is 0 Å². The minimum Gasteiger partial charge on any atom is -0.476 e. The van der Waals surface area contributed by atoms with Gasteiger partial charge in [0.2, 0.25) is 5.91 Å². The molecule has 1 aromatic carbocycles. The molecule has 7 atom stereocenters. The van der Waals surface area contributed by atoms with Crippen LogP contribution in [0, 0.1) is 18.8 Å². The van der Waals surface area contributed by atoms with E-state index in [1.807, 2.05) is 59.8 Å². The van der Waals surface area contributed by atoms with E-state index >= 15 is 0 Å². The Balaban J connectivity index is 1.77. The monoisotopic (exact) mass is 586 g/mol. The number of aryl methyl sites for hydroxylation is 1. The summed E-state index contributed by atoms with van der Waals surface area (Å²) in [7, 11) is 1.77. The molecule has 4 rings (SSSR count). The fraction of sp³-hybridized carbons (Fsp3) is 0.606. The van der Waals surface area contributed by atoms with Crippen LogP contribution in [0.5, 0.6) is 0 Å². The average molecular weight is 587 g/mol. The fourth-order valence-electron chi connectivity index (χ4n) is 6.08. The van der Waals surface area contributed by atoms with Gasteiger partial charge in [-0.1, -0.05) is 55.3 Å². The lowest BCUT2D eigenvalue weighted by atomic mass is 9.82. The van der Waals surface area contributed by atoms with Crippen LogP contribution in [-0.4, -0.2) is 53.3 Å². The van der Waals surface area contributed by atoms with Crippen molar-refractivity contribution >= 4 is 23.2 Å². The van der Waals surface area contributed by atoms with Crippen LogP contribution in [0.3, 0.4) is 0 Å². The Hall–Kier alpha value is -2.32. The molecule has 0 saturated carbocycles. The average Bonchev–Trinajstić information content (AvgIpc) is 3.55. The van der Waals surface area contributed by atoms with Gasteiger partial charge in [0.15, 0.2) is 5.88 Å². The standard InChI is InChI=1S/C33H47ClN2O5/c1-19-12-11-13-21(3)33(38)18-26(39-23(5)35-33)22(4)30-32(9,41-30)27(40-31(6,7)8)17-28(37)36(10)25-16-24(14-19)15-20(2)29(25)34/h11-13,15-16,21-22,26-27,30,35,38H,5,14,17-18H2,1-4,6-10H3/b13-11+,19-12+/t21-,22-,26+,27+,30+,32+,33+/m1/s1. The number of carbonyl (C=O) groups excluding carboxylic acids is 1. The number of halogens is 1. The number of nitrogens with one attached hydrogen (secondary N) is 1. The van der Waals surface area contributed by atoms with Gasteiger partial charge in [0.1, 0.15) is 17.4 Å². The van der Waals surface area contributed by atoms with Gasteiger partial charge in [-0.25, -0.2) is 0 Å². The first-order valence-electron chi connectivity index (χ1n) is 14.5. The number of allylic oxidation sites excluding steroid dienone is 3. The van der Waals surface area contributed by atoms with Crippen LogP contribution in [0.2, 0.25) is 5.02 Å². The molecule has 0 spiro atoms. The number of aliphatic hydroxyl groups is 1. The number of fused-ring (bicyclic) bond motifs is 5. The van der Waals surface area contributed by atoms with E-state index in [1.165, 1.54) is 0 Å². The van der Waals surface area contributed by atoms with E-state index in [-0.39, 0.29) is 36.4 Å². The number of rotatable bonds is 1. The van der Waals surface area contributed by atoms with Crippen molar-refractivity contribution in [3.8, 4) is 0 Å². The molecule has 0 aliphatic carbocycles. The molecule has 41 heavy (non-hydrogen) atoms. The maximum Gasteiger partial charge on any atom is 0.229 e. The SMILES string of the molecule is C=C1N[C@]2(O)C[C@H](O1)[C@@H](C)[C@@H]1O[C@@]1(C)[C@@H](OC(C)(C)C)CC(=O)N(C)c1cc(cc(C)c1Cl)C/C(C)=C/C=C/[C@H]2C. The van der Waals surface area contributed by atoms with Gasteiger partial charge in [-0.15, -0.1) is 0 Å². The molecule has 4 bridgehead atoms. The van der Waals surface area contributed by atoms with Gasteiger partial charge in [-0.3, -0.25) is 4.79 Å². The molecule has 2 saturated heterocycles. The van der Waals surface area contributed by atoms with Gasteiger partial charge in [-0.2, -0.15) is 0 Å². The fourth-order valence-corrected chi connectivity index (χ4v) is 6.32. The maximum atomic E-state index is 13.8. The third-order valence-corrected chi connectivity index (χ3v) is 9.15. The summed E-state index contributed by atoms with van der Waals surface area (Å²) in [5.41, 5.74) is 1.35. The quantitative estimate of drug-likeness (QED) is 0.381. The summed E-state index contributed by atoms with van der Waals surface area (Å²) in [6.45, 7) is 20.0. The van der Waals surface area contributed by atoms with Gasteiger partial charge in [0.25, 0.3) is 0 Å². The van der Waals surface area contributed by atoms with E-state index in [0.717, 1.165) is 16.7 Å². The summed E-state index contributed by atoms with van der Waals surface area (Å²) in [4.78, 5) is 15.4. The predicted molar refractivity (Wildman–Crippen MR) is 164 cm³/mol. The van der Waals surface area contributed by atoms with E-state index < -0.39 is 23.0 Å². The second kappa shape index (κ2) is 11.4. The van der Waals surface area contributed by atoms with Gasteiger partial charge in [0, 0.05) is 25.3 Å². The molecule has 1 aromatic rings. The topological polar surface area (TPSA) is 83.6 Å². The van der Waals surface area contributed by atoms with E-state index in [9.17, 15) is 9.90 Å². The molecule has 8 heteroatoms. The van der Waals surface area contributed by atoms with Crippen LogP contribution in [0.4, 0.5) is 5.69 Å². The van der Waals surface area contributed by atoms with Crippen LogP contribution < -0.4 is 10.2 Å². The number of nitrogens with zero attached hydrogens (tertiary/aromatic N) is 1. The summed E-state index contributed by atoms with van der Waals surface area (Å²) < 4.78 is 19.0. The van der Waals surface area contributed by atoms with Crippen molar-refractivity contribution in [3.05, 3.63) is 64.5 Å². The van der Waals surface area contributed by atoms with Crippen molar-refractivity contribution in [2.45, 2.75) is 110 Å². The summed E-state index contributed by atoms with van der Waals surface area (Å²) in [6.07, 6.45) is 6.13. The van der Waals surface area contributed by atoms with Gasteiger partial charge >= 0.3 is 0 Å². The molecule has 2 fully saturated rings. The van der Waals surface area contributed by atoms with Crippen molar-refractivity contribution in [2.75, 3.05) is 11.9 Å². The van der Waals surface area contributed by atoms with Crippen molar-refractivity contribution in [1.29, 1.82) is 0 Å². The first kappa shape index (κ1) is 31.6. The van der Waals surface area contributed by atoms with Crippen LogP contribution in [0.1, 0.15) is 72.4 Å². The Kier molecular flexibility index (Phi) is 8.79. The number of benzene rings is 1. The largest absolute Gasteiger partial charge is 0.476 e. The molecule has 226 valence electrons. The van der Waals surface area contributed by atoms with Crippen molar-refractivity contribution in [3.63, 3.8) is 0 Å². The molecular formula is C33H47ClN2O5. The van der Waals surface area contributed by atoms with E-state index in [1.54, 1.807) is 11.9 Å². The molecule has 0 radical (unpaired) electrons. The molecule has 3 aliphatic heterocycles. The normalized spacial score (nSPS) is 36.9. The molecule has 1 amide bonds. The third kappa shape index (κ3) is 6.85. The van der Waals surface area contributed by atoms with E-state index in [0.29, 0.717) is 29.4 Å². The Bertz CT molecular complexity index is 1250. The van der Waals surface area contributed by atoms with Crippen LogP contribution in [0.15, 0.2) is 48.4 Å². The van der Waals surface area contributed by atoms with E-state index in [2.05, 4.69) is 37.9 Å². The van der Waals surface area contributed by atoms with Crippen LogP contribution >= 0.6 is 11.6 Å². The Morgan fingerprint density at radius 2 is 1.93 bits per heavy atom. The zero-order valence-electron chi connectivity index (χ0n) is 26.0. The zero-order valence-corrected chi connectivity index (χ0v) is 26.8. The number of hydrogen-bond donors (Lipinski definition) is 2. The van der Waals surface area contributed by atoms with Gasteiger partial charge < -0.3 is 29.5 Å². The minimum absolute atomic E-state index is 0.0987. The second-order valence-electron chi connectivity index (χ2n) is 13.4. The molecular weight excluding hydrogens is 540 g/mol. The Morgan fingerprint density at radius 3 is 2.59 bits per heavy atom. The van der Waals surface area contributed by atoms with E-state index in [4.69, 9.17) is 25.8 Å². The predicted octanol–water partition coefficient (Wildman–Crippen LogP) is 6.21. The number of hydrogen-bond acceptors (Lipinski definition) is 6. The number of amides is 1. The highest BCUT2D eigenvalue weighted by atomic mass is 35.5. The first-order valence-corrected chi connectivity index (χ1v) is 14.9. The molecule has 7 nitrogen and oxygen atoms in total. The zero-order chi connectivity index (χ0) is 30.5. The minimum atomic E-state index is -1.23. The lowest BCUT2D eigenvalue weighted by Gasteiger charge is -2.44. The summed E-state index contributed by atoms with van der Waals surface area (Å²) in [5, 5.41) is 15.3. The summed E-state index contributed by atoms with van der Waals surface area (Å²) in [6, 6.07) is 4.05. The van der Waals surface area contributed by atoms with Crippen LogP contribution in [-0.2, 0) is 25.4 Å². The smallest absolute Gasteiger partial charge is 0.229 e. The summed E-state index contributed by atoms with van der Waals surface area (Å²) in [5.74, 6) is -0.0909. The first-order chi connectivity index (χ1) is 18.9. The highest BCUT2D eigenvalue weighted by molar-refractivity contribution is 6.34. The lowest BCUT2D eigenvalue weighted by molar-refractivity contribution is -0.130. The molecule has 0 aromatic heterocycles. The number of anilines is 1. The van der Waals surface area contributed by atoms with Gasteiger partial charge in [0.05, 0.1) is 34.9 Å². The maximum absolute atomic E-state index is 13.8. The second-order valence-corrected chi connectivity index (χ2v) is 13.8. The Morgan fingerprint density at radius 1 is 1.24 bits per heavy atom. The Labute approximate surface area is 250 Å². The highest BCUT2D eigenvalue weighted by Gasteiger charge is 2.63. The number of epoxide rings is 1.